The Bertz CT molecular complexity index is 1420. The molecule has 1 amide bonds. The fourth-order valence-corrected chi connectivity index (χ4v) is 4.81. The van der Waals surface area contributed by atoms with Gasteiger partial charge in [0.15, 0.2) is 11.6 Å². The lowest BCUT2D eigenvalue weighted by Gasteiger charge is -2.31. The first-order valence-corrected chi connectivity index (χ1v) is 12.4. The Hall–Kier alpha value is -3.89. The molecule has 0 N–H and O–H groups in total. The number of fused-ring (bicyclic) bond motifs is 1. The number of aromatic nitrogens is 5. The number of carbonyl (C=O) groups excluding carboxylic acids is 1. The molecular formula is C26H29F2N7O2. The topological polar surface area (TPSA) is 93.2 Å². The molecule has 0 unspecified atom stereocenters. The fourth-order valence-electron chi connectivity index (χ4n) is 4.81. The van der Waals surface area contributed by atoms with Crippen LogP contribution in [-0.2, 0) is 12.8 Å². The maximum absolute atomic E-state index is 15.2. The van der Waals surface area contributed by atoms with Crippen molar-refractivity contribution in [2.45, 2.75) is 45.1 Å². The SMILES string of the molecule is CCCc1noc(N2CCC(n3cc(F)c4c(Cc5ccc(C(=O)N(C)C)cc5F)ncnc43)CC2)n1. The molecule has 1 saturated heterocycles. The van der Waals surface area contributed by atoms with E-state index in [-0.39, 0.29) is 23.9 Å². The van der Waals surface area contributed by atoms with Crippen molar-refractivity contribution in [1.29, 1.82) is 0 Å². The van der Waals surface area contributed by atoms with E-state index in [2.05, 4.69) is 31.9 Å². The number of benzene rings is 1. The molecule has 5 rings (SSSR count). The summed E-state index contributed by atoms with van der Waals surface area (Å²) in [5.41, 5.74) is 1.48. The minimum atomic E-state index is -0.533. The molecule has 1 aliphatic heterocycles. The van der Waals surface area contributed by atoms with Crippen LogP contribution in [0.2, 0.25) is 0 Å². The van der Waals surface area contributed by atoms with E-state index in [1.165, 1.54) is 23.5 Å². The molecule has 0 atom stereocenters. The monoisotopic (exact) mass is 509 g/mol. The lowest BCUT2D eigenvalue weighted by atomic mass is 10.0. The number of anilines is 1. The molecule has 11 heteroatoms. The number of hydrogen-bond donors (Lipinski definition) is 0. The Balaban J connectivity index is 1.35. The molecule has 1 fully saturated rings. The summed E-state index contributed by atoms with van der Waals surface area (Å²) >= 11 is 0. The first kappa shape index (κ1) is 24.8. The maximum Gasteiger partial charge on any atom is 0.324 e. The zero-order chi connectivity index (χ0) is 26.1. The van der Waals surface area contributed by atoms with E-state index >= 15 is 4.39 Å². The van der Waals surface area contributed by atoms with Gasteiger partial charge in [0.25, 0.3) is 5.91 Å². The number of amides is 1. The third-order valence-electron chi connectivity index (χ3n) is 6.77. The van der Waals surface area contributed by atoms with Crippen molar-refractivity contribution in [3.63, 3.8) is 0 Å². The Morgan fingerprint density at radius 1 is 1.16 bits per heavy atom. The molecule has 194 valence electrons. The minimum absolute atomic E-state index is 0.0390. The summed E-state index contributed by atoms with van der Waals surface area (Å²) in [6.07, 6.45) is 6.17. The first-order chi connectivity index (χ1) is 17.9. The van der Waals surface area contributed by atoms with Gasteiger partial charge in [0.1, 0.15) is 17.8 Å². The third-order valence-corrected chi connectivity index (χ3v) is 6.77. The van der Waals surface area contributed by atoms with Crippen molar-refractivity contribution in [1.82, 2.24) is 29.6 Å². The van der Waals surface area contributed by atoms with Gasteiger partial charge in [-0.05, 0) is 37.0 Å². The number of carbonyl (C=O) groups is 1. The maximum atomic E-state index is 15.2. The van der Waals surface area contributed by atoms with E-state index in [9.17, 15) is 9.18 Å². The second-order valence-corrected chi connectivity index (χ2v) is 9.55. The van der Waals surface area contributed by atoms with Crippen molar-refractivity contribution in [3.8, 4) is 0 Å². The van der Waals surface area contributed by atoms with Crippen LogP contribution in [0.4, 0.5) is 14.8 Å². The molecule has 0 aliphatic carbocycles. The molecule has 9 nitrogen and oxygen atoms in total. The highest BCUT2D eigenvalue weighted by atomic mass is 19.1. The van der Waals surface area contributed by atoms with Crippen molar-refractivity contribution in [3.05, 3.63) is 65.0 Å². The highest BCUT2D eigenvalue weighted by molar-refractivity contribution is 5.94. The van der Waals surface area contributed by atoms with Crippen LogP contribution in [0, 0.1) is 11.6 Å². The van der Waals surface area contributed by atoms with Crippen molar-refractivity contribution < 1.29 is 18.1 Å². The predicted molar refractivity (Wildman–Crippen MR) is 133 cm³/mol. The van der Waals surface area contributed by atoms with Gasteiger partial charge in [-0.1, -0.05) is 18.1 Å². The largest absolute Gasteiger partial charge is 0.345 e. The molecule has 3 aromatic heterocycles. The molecule has 0 spiro atoms. The number of halogens is 2. The molecular weight excluding hydrogens is 480 g/mol. The van der Waals surface area contributed by atoms with Gasteiger partial charge in [0.05, 0.1) is 11.1 Å². The van der Waals surface area contributed by atoms with Gasteiger partial charge in [-0.15, -0.1) is 0 Å². The van der Waals surface area contributed by atoms with E-state index in [0.717, 1.165) is 25.7 Å². The first-order valence-electron chi connectivity index (χ1n) is 12.4. The van der Waals surface area contributed by atoms with E-state index in [0.29, 0.717) is 47.2 Å². The summed E-state index contributed by atoms with van der Waals surface area (Å²) < 4.78 is 37.3. The van der Waals surface area contributed by atoms with Gasteiger partial charge in [0, 0.05) is 57.8 Å². The van der Waals surface area contributed by atoms with E-state index < -0.39 is 11.6 Å². The number of piperidine rings is 1. The van der Waals surface area contributed by atoms with Crippen LogP contribution < -0.4 is 4.90 Å². The Kier molecular flexibility index (Phi) is 6.86. The standard InChI is InChI=1S/C26H29F2N7O2/c1-4-5-22-31-26(37-32-22)34-10-8-18(9-11-34)35-14-20(28)23-21(29-15-30-24(23)35)13-16-6-7-17(12-19(16)27)25(36)33(2)3/h6-7,12,14-15,18H,4-5,8-11,13H2,1-3H3. The number of rotatable bonds is 7. The van der Waals surface area contributed by atoms with Crippen LogP contribution in [0.3, 0.4) is 0 Å². The summed E-state index contributed by atoms with van der Waals surface area (Å²) in [5.74, 6) is -0.550. The molecule has 4 heterocycles. The minimum Gasteiger partial charge on any atom is -0.345 e. The highest BCUT2D eigenvalue weighted by Crippen LogP contribution is 2.32. The molecule has 37 heavy (non-hydrogen) atoms. The molecule has 0 saturated carbocycles. The zero-order valence-corrected chi connectivity index (χ0v) is 21.1. The van der Waals surface area contributed by atoms with Crippen molar-refractivity contribution in [2.24, 2.45) is 0 Å². The van der Waals surface area contributed by atoms with Gasteiger partial charge in [0.2, 0.25) is 0 Å². The van der Waals surface area contributed by atoms with Gasteiger partial charge >= 0.3 is 6.01 Å². The summed E-state index contributed by atoms with van der Waals surface area (Å²) in [5, 5.41) is 4.32. The average Bonchev–Trinajstić information content (AvgIpc) is 3.50. The third kappa shape index (κ3) is 4.90. The molecule has 0 radical (unpaired) electrons. The molecule has 1 aliphatic rings. The lowest BCUT2D eigenvalue weighted by Crippen LogP contribution is -2.34. The van der Waals surface area contributed by atoms with Crippen molar-refractivity contribution >= 4 is 23.0 Å². The van der Waals surface area contributed by atoms with E-state index in [4.69, 9.17) is 4.52 Å². The normalized spacial score (nSPS) is 14.5. The number of hydrogen-bond acceptors (Lipinski definition) is 7. The van der Waals surface area contributed by atoms with Crippen LogP contribution in [0.15, 0.2) is 35.2 Å². The Morgan fingerprint density at radius 3 is 2.65 bits per heavy atom. The van der Waals surface area contributed by atoms with Crippen LogP contribution in [-0.4, -0.2) is 62.7 Å². The molecule has 4 aromatic rings. The zero-order valence-electron chi connectivity index (χ0n) is 21.1. The Labute approximate surface area is 213 Å². The number of aryl methyl sites for hydroxylation is 1. The van der Waals surface area contributed by atoms with Crippen LogP contribution >= 0.6 is 0 Å². The summed E-state index contributed by atoms with van der Waals surface area (Å²) in [7, 11) is 3.22. The van der Waals surface area contributed by atoms with E-state index in [1.54, 1.807) is 26.2 Å². The molecule has 1 aromatic carbocycles. The quantitative estimate of drug-likeness (QED) is 0.369. The second-order valence-electron chi connectivity index (χ2n) is 9.55. The van der Waals surface area contributed by atoms with Crippen LogP contribution in [0.25, 0.3) is 11.0 Å². The summed E-state index contributed by atoms with van der Waals surface area (Å²) in [6.45, 7) is 3.46. The highest BCUT2D eigenvalue weighted by Gasteiger charge is 2.27. The van der Waals surface area contributed by atoms with Gasteiger partial charge in [-0.3, -0.25) is 4.79 Å². The Morgan fingerprint density at radius 2 is 1.95 bits per heavy atom. The molecule has 0 bridgehead atoms. The lowest BCUT2D eigenvalue weighted by molar-refractivity contribution is 0.0827. The average molecular weight is 510 g/mol. The van der Waals surface area contributed by atoms with Crippen molar-refractivity contribution in [2.75, 3.05) is 32.1 Å². The van der Waals surface area contributed by atoms with Gasteiger partial charge in [-0.25, -0.2) is 18.7 Å². The van der Waals surface area contributed by atoms with E-state index in [1.807, 2.05) is 4.57 Å². The second kappa shape index (κ2) is 10.2. The van der Waals surface area contributed by atoms with Crippen LogP contribution in [0.1, 0.15) is 59.7 Å². The number of nitrogens with zero attached hydrogens (tertiary/aromatic N) is 7. The van der Waals surface area contributed by atoms with Gasteiger partial charge < -0.3 is 18.9 Å². The predicted octanol–water partition coefficient (Wildman–Crippen LogP) is 4.18. The summed E-state index contributed by atoms with van der Waals surface area (Å²) in [6, 6.07) is 4.89. The fraction of sp³-hybridized carbons (Fsp3) is 0.423. The summed E-state index contributed by atoms with van der Waals surface area (Å²) in [4.78, 5) is 28.7. The van der Waals surface area contributed by atoms with Crippen LogP contribution in [0.5, 0.6) is 0 Å². The smallest absolute Gasteiger partial charge is 0.324 e. The van der Waals surface area contributed by atoms with Gasteiger partial charge in [-0.2, -0.15) is 4.98 Å².